The van der Waals surface area contributed by atoms with Crippen molar-refractivity contribution < 1.29 is 4.79 Å². The molecule has 0 saturated heterocycles. The molecule has 0 spiro atoms. The molecule has 6 heteroatoms. The Hall–Kier alpha value is -2.47. The lowest BCUT2D eigenvalue weighted by molar-refractivity contribution is -0.118. The molecule has 0 fully saturated rings. The number of aromatic nitrogens is 2. The molecule has 1 N–H and O–H groups in total. The van der Waals surface area contributed by atoms with Crippen LogP contribution in [0.25, 0.3) is 10.2 Å². The lowest BCUT2D eigenvalue weighted by Gasteiger charge is -2.17. The minimum absolute atomic E-state index is 0.186. The van der Waals surface area contributed by atoms with E-state index in [4.69, 9.17) is 0 Å². The third kappa shape index (κ3) is 3.22. The number of thiophene rings is 1. The molecule has 0 aliphatic carbocycles. The first-order valence-electron chi connectivity index (χ1n) is 8.14. The molecule has 25 heavy (non-hydrogen) atoms. The van der Waals surface area contributed by atoms with Gasteiger partial charge >= 0.3 is 0 Å². The van der Waals surface area contributed by atoms with Gasteiger partial charge in [0.15, 0.2) is 0 Å². The van der Waals surface area contributed by atoms with Crippen molar-refractivity contribution in [3.63, 3.8) is 0 Å². The molecule has 0 unspecified atom stereocenters. The standard InChI is InChI=1S/C19H21N3O2S/c1-10-6-11(2)16(12(3)7-10)21-17(23)14(5)22-9-20-18-15(19(22)24)8-13(4)25-18/h6-9,14H,1-5H3,(H,21,23)/t14-/m0/s1. The number of amides is 1. The van der Waals surface area contributed by atoms with Gasteiger partial charge in [-0.25, -0.2) is 4.98 Å². The van der Waals surface area contributed by atoms with E-state index in [0.29, 0.717) is 10.2 Å². The molecule has 1 aromatic carbocycles. The van der Waals surface area contributed by atoms with Crippen LogP contribution in [0.3, 0.4) is 0 Å². The average Bonchev–Trinajstić information content (AvgIpc) is 2.92. The zero-order valence-electron chi connectivity index (χ0n) is 15.0. The number of nitrogens with zero attached hydrogens (tertiary/aromatic N) is 2. The quantitative estimate of drug-likeness (QED) is 0.775. The number of aryl methyl sites for hydroxylation is 4. The molecule has 3 aromatic rings. The Bertz CT molecular complexity index is 1010. The normalized spacial score (nSPS) is 12.4. The maximum absolute atomic E-state index is 12.7. The zero-order chi connectivity index (χ0) is 18.3. The maximum Gasteiger partial charge on any atom is 0.262 e. The minimum Gasteiger partial charge on any atom is -0.324 e. The van der Waals surface area contributed by atoms with Gasteiger partial charge in [0, 0.05) is 10.6 Å². The topological polar surface area (TPSA) is 64.0 Å². The second-order valence-electron chi connectivity index (χ2n) is 6.47. The first-order valence-corrected chi connectivity index (χ1v) is 8.95. The molecule has 5 nitrogen and oxygen atoms in total. The van der Waals surface area contributed by atoms with Gasteiger partial charge < -0.3 is 5.32 Å². The highest BCUT2D eigenvalue weighted by molar-refractivity contribution is 7.18. The minimum atomic E-state index is -0.648. The van der Waals surface area contributed by atoms with E-state index in [1.54, 1.807) is 6.92 Å². The molecule has 3 rings (SSSR count). The molecule has 0 saturated carbocycles. The molecular formula is C19H21N3O2S. The van der Waals surface area contributed by atoms with Gasteiger partial charge in [0.2, 0.25) is 5.91 Å². The van der Waals surface area contributed by atoms with E-state index in [0.717, 1.165) is 27.3 Å². The summed E-state index contributed by atoms with van der Waals surface area (Å²) in [6.45, 7) is 9.61. The number of carbonyl (C=O) groups excluding carboxylic acids is 1. The van der Waals surface area contributed by atoms with Gasteiger partial charge in [-0.3, -0.25) is 14.2 Å². The molecule has 0 aliphatic heterocycles. The highest BCUT2D eigenvalue weighted by atomic mass is 32.1. The molecule has 0 bridgehead atoms. The second kappa shape index (κ2) is 6.44. The van der Waals surface area contributed by atoms with Gasteiger partial charge in [-0.1, -0.05) is 17.7 Å². The Labute approximate surface area is 150 Å². The first kappa shape index (κ1) is 17.4. The number of anilines is 1. The van der Waals surface area contributed by atoms with Crippen molar-refractivity contribution in [2.45, 2.75) is 40.7 Å². The Morgan fingerprint density at radius 2 is 1.80 bits per heavy atom. The summed E-state index contributed by atoms with van der Waals surface area (Å²) >= 11 is 1.48. The lowest BCUT2D eigenvalue weighted by Crippen LogP contribution is -2.31. The number of benzene rings is 1. The summed E-state index contributed by atoms with van der Waals surface area (Å²) in [7, 11) is 0. The zero-order valence-corrected chi connectivity index (χ0v) is 15.8. The van der Waals surface area contributed by atoms with Crippen LogP contribution in [0, 0.1) is 27.7 Å². The highest BCUT2D eigenvalue weighted by Gasteiger charge is 2.19. The van der Waals surface area contributed by atoms with E-state index in [9.17, 15) is 9.59 Å². The van der Waals surface area contributed by atoms with Gasteiger partial charge in [0.25, 0.3) is 5.56 Å². The third-order valence-corrected chi connectivity index (χ3v) is 5.28. The molecule has 130 valence electrons. The smallest absolute Gasteiger partial charge is 0.262 e. The molecule has 0 aliphatic rings. The fourth-order valence-electron chi connectivity index (χ4n) is 3.06. The van der Waals surface area contributed by atoms with E-state index in [2.05, 4.69) is 10.3 Å². The molecule has 1 atom stereocenters. The van der Waals surface area contributed by atoms with Crippen LogP contribution in [-0.2, 0) is 4.79 Å². The molecular weight excluding hydrogens is 334 g/mol. The summed E-state index contributed by atoms with van der Waals surface area (Å²) in [5.41, 5.74) is 3.78. The van der Waals surface area contributed by atoms with Crippen molar-refractivity contribution in [1.82, 2.24) is 9.55 Å². The van der Waals surface area contributed by atoms with Crippen molar-refractivity contribution in [2.75, 3.05) is 5.32 Å². The fraction of sp³-hybridized carbons (Fsp3) is 0.316. The summed E-state index contributed by atoms with van der Waals surface area (Å²) in [6, 6.07) is 5.23. The second-order valence-corrected chi connectivity index (χ2v) is 7.71. The number of hydrogen-bond donors (Lipinski definition) is 1. The number of nitrogens with one attached hydrogen (secondary N) is 1. The Morgan fingerprint density at radius 3 is 2.44 bits per heavy atom. The van der Waals surface area contributed by atoms with E-state index >= 15 is 0 Å². The lowest BCUT2D eigenvalue weighted by atomic mass is 10.0. The van der Waals surface area contributed by atoms with E-state index in [1.807, 2.05) is 45.9 Å². The number of carbonyl (C=O) groups is 1. The maximum atomic E-state index is 12.7. The monoisotopic (exact) mass is 355 g/mol. The van der Waals surface area contributed by atoms with E-state index in [-0.39, 0.29) is 11.5 Å². The summed E-state index contributed by atoms with van der Waals surface area (Å²) in [4.78, 5) is 31.4. The van der Waals surface area contributed by atoms with Crippen molar-refractivity contribution in [2.24, 2.45) is 0 Å². The molecule has 1 amide bonds. The summed E-state index contributed by atoms with van der Waals surface area (Å²) in [6.07, 6.45) is 1.46. The summed E-state index contributed by atoms with van der Waals surface area (Å²) < 4.78 is 1.39. The van der Waals surface area contributed by atoms with Gasteiger partial charge in [0.1, 0.15) is 10.9 Å². The van der Waals surface area contributed by atoms with Crippen molar-refractivity contribution in [3.8, 4) is 0 Å². The van der Waals surface area contributed by atoms with Crippen LogP contribution >= 0.6 is 11.3 Å². The van der Waals surface area contributed by atoms with Gasteiger partial charge in [0.05, 0.1) is 11.7 Å². The molecule has 2 heterocycles. The Kier molecular flexibility index (Phi) is 4.47. The van der Waals surface area contributed by atoms with Crippen LogP contribution < -0.4 is 10.9 Å². The average molecular weight is 355 g/mol. The van der Waals surface area contributed by atoms with Crippen molar-refractivity contribution >= 4 is 33.1 Å². The predicted octanol–water partition coefficient (Wildman–Crippen LogP) is 3.89. The van der Waals surface area contributed by atoms with E-state index in [1.165, 1.54) is 22.2 Å². The van der Waals surface area contributed by atoms with Crippen LogP contribution in [0.1, 0.15) is 34.5 Å². The Morgan fingerprint density at radius 1 is 1.16 bits per heavy atom. The van der Waals surface area contributed by atoms with Crippen LogP contribution in [0.4, 0.5) is 5.69 Å². The van der Waals surface area contributed by atoms with Gasteiger partial charge in [-0.05, 0) is 51.8 Å². The van der Waals surface area contributed by atoms with Crippen LogP contribution in [0.2, 0.25) is 0 Å². The molecule has 0 radical (unpaired) electrons. The van der Waals surface area contributed by atoms with Crippen LogP contribution in [0.15, 0.2) is 29.3 Å². The fourth-order valence-corrected chi connectivity index (χ4v) is 3.90. The first-order chi connectivity index (χ1) is 11.8. The largest absolute Gasteiger partial charge is 0.324 e. The van der Waals surface area contributed by atoms with Crippen LogP contribution in [-0.4, -0.2) is 15.5 Å². The van der Waals surface area contributed by atoms with E-state index < -0.39 is 6.04 Å². The number of fused-ring (bicyclic) bond motifs is 1. The third-order valence-electron chi connectivity index (χ3n) is 4.32. The molecule has 2 aromatic heterocycles. The summed E-state index contributed by atoms with van der Waals surface area (Å²) in [5.74, 6) is -0.231. The Balaban J connectivity index is 1.93. The SMILES string of the molecule is Cc1cc(C)c(NC(=O)[C@H](C)n2cnc3sc(C)cc3c2=O)c(C)c1. The van der Waals surface area contributed by atoms with Crippen molar-refractivity contribution in [1.29, 1.82) is 0 Å². The predicted molar refractivity (Wildman–Crippen MR) is 103 cm³/mol. The van der Waals surface area contributed by atoms with Gasteiger partial charge in [-0.2, -0.15) is 0 Å². The van der Waals surface area contributed by atoms with Crippen molar-refractivity contribution in [3.05, 3.63) is 56.4 Å². The highest BCUT2D eigenvalue weighted by Crippen LogP contribution is 2.24. The van der Waals surface area contributed by atoms with Gasteiger partial charge in [-0.15, -0.1) is 11.3 Å². The summed E-state index contributed by atoms with van der Waals surface area (Å²) in [5, 5.41) is 3.52. The number of hydrogen-bond acceptors (Lipinski definition) is 4. The van der Waals surface area contributed by atoms with Crippen LogP contribution in [0.5, 0.6) is 0 Å². The number of rotatable bonds is 3.